The Hall–Kier alpha value is -1.02. The summed E-state index contributed by atoms with van der Waals surface area (Å²) in [6, 6.07) is 7.15. The monoisotopic (exact) mass is 254 g/mol. The van der Waals surface area contributed by atoms with Gasteiger partial charge in [-0.25, -0.2) is 0 Å². The molecule has 0 saturated heterocycles. The fourth-order valence-corrected chi connectivity index (χ4v) is 1.69. The fourth-order valence-electron chi connectivity index (χ4n) is 1.53. The number of benzene rings is 1. The second-order valence-corrected chi connectivity index (χ2v) is 4.26. The number of hydrogen-bond donors (Lipinski definition) is 0. The first-order valence-corrected chi connectivity index (χ1v) is 6.63. The van der Waals surface area contributed by atoms with Gasteiger partial charge in [-0.3, -0.25) is 4.79 Å². The standard InChI is InChI=1S/C14H19ClO2/c1-2-3-4-5-10-17-13-8-6-12(7-9-13)14(16)11-15/h6-9H,2-5,10-11H2,1H3. The maximum atomic E-state index is 11.3. The number of hydrogen-bond acceptors (Lipinski definition) is 2. The Morgan fingerprint density at radius 1 is 1.18 bits per heavy atom. The number of carbonyl (C=O) groups is 1. The van der Waals surface area contributed by atoms with Crippen LogP contribution in [0.1, 0.15) is 43.0 Å². The molecule has 0 spiro atoms. The summed E-state index contributed by atoms with van der Waals surface area (Å²) in [6.45, 7) is 2.93. The number of halogens is 1. The molecule has 1 rings (SSSR count). The lowest BCUT2D eigenvalue weighted by Gasteiger charge is -2.06. The quantitative estimate of drug-likeness (QED) is 0.397. The van der Waals surface area contributed by atoms with Crippen LogP contribution < -0.4 is 4.74 Å². The van der Waals surface area contributed by atoms with Crippen LogP contribution >= 0.6 is 11.6 Å². The number of rotatable bonds is 8. The zero-order valence-corrected chi connectivity index (χ0v) is 11.0. The van der Waals surface area contributed by atoms with Gasteiger partial charge >= 0.3 is 0 Å². The maximum absolute atomic E-state index is 11.3. The maximum Gasteiger partial charge on any atom is 0.177 e. The largest absolute Gasteiger partial charge is 0.494 e. The van der Waals surface area contributed by atoms with E-state index in [1.54, 1.807) is 12.1 Å². The summed E-state index contributed by atoms with van der Waals surface area (Å²) >= 11 is 5.48. The molecule has 0 N–H and O–H groups in total. The van der Waals surface area contributed by atoms with E-state index in [9.17, 15) is 4.79 Å². The van der Waals surface area contributed by atoms with Crippen LogP contribution in [0.15, 0.2) is 24.3 Å². The molecule has 0 saturated carbocycles. The first kappa shape index (κ1) is 14.0. The van der Waals surface area contributed by atoms with E-state index in [0.717, 1.165) is 18.8 Å². The third-order valence-electron chi connectivity index (χ3n) is 2.56. The summed E-state index contributed by atoms with van der Waals surface area (Å²) in [5.41, 5.74) is 0.637. The van der Waals surface area contributed by atoms with E-state index in [-0.39, 0.29) is 11.7 Å². The molecule has 1 aromatic rings. The molecule has 0 fully saturated rings. The highest BCUT2D eigenvalue weighted by atomic mass is 35.5. The van der Waals surface area contributed by atoms with Crippen LogP contribution in [0.2, 0.25) is 0 Å². The minimum absolute atomic E-state index is 0.0250. The van der Waals surface area contributed by atoms with Crippen LogP contribution in [0.3, 0.4) is 0 Å². The Labute approximate surface area is 108 Å². The fraction of sp³-hybridized carbons (Fsp3) is 0.500. The SMILES string of the molecule is CCCCCCOc1ccc(C(=O)CCl)cc1. The van der Waals surface area contributed by atoms with Gasteiger partial charge in [0.15, 0.2) is 5.78 Å². The molecule has 0 aromatic heterocycles. The molecular weight excluding hydrogens is 236 g/mol. The van der Waals surface area contributed by atoms with Gasteiger partial charge < -0.3 is 4.74 Å². The minimum atomic E-state index is -0.0545. The number of ketones is 1. The Bertz CT molecular complexity index is 333. The molecule has 0 atom stereocenters. The molecule has 0 amide bonds. The Morgan fingerprint density at radius 2 is 1.88 bits per heavy atom. The molecule has 0 bridgehead atoms. The first-order chi connectivity index (χ1) is 8.27. The third kappa shape index (κ3) is 5.22. The van der Waals surface area contributed by atoms with Gasteiger partial charge in [-0.2, -0.15) is 0 Å². The van der Waals surface area contributed by atoms with Crippen LogP contribution in [0.25, 0.3) is 0 Å². The van der Waals surface area contributed by atoms with Crippen LogP contribution in [0.5, 0.6) is 5.75 Å². The topological polar surface area (TPSA) is 26.3 Å². The van der Waals surface area contributed by atoms with E-state index >= 15 is 0 Å². The minimum Gasteiger partial charge on any atom is -0.494 e. The Morgan fingerprint density at radius 3 is 2.47 bits per heavy atom. The summed E-state index contributed by atoms with van der Waals surface area (Å²) in [4.78, 5) is 11.3. The molecule has 3 heteroatoms. The number of unbranched alkanes of at least 4 members (excludes halogenated alkanes) is 3. The molecule has 0 unspecified atom stereocenters. The number of ether oxygens (including phenoxy) is 1. The number of Topliss-reactive ketones (excluding diaryl/α,β-unsaturated/α-hetero) is 1. The second kappa shape index (κ2) is 8.13. The van der Waals surface area contributed by atoms with E-state index in [0.29, 0.717) is 5.56 Å². The zero-order valence-electron chi connectivity index (χ0n) is 10.2. The molecular formula is C14H19ClO2. The molecule has 1 aromatic carbocycles. The van der Waals surface area contributed by atoms with Crippen LogP contribution in [-0.4, -0.2) is 18.3 Å². The molecule has 0 aliphatic carbocycles. The van der Waals surface area contributed by atoms with Gasteiger partial charge in [0.1, 0.15) is 5.75 Å². The number of carbonyl (C=O) groups excluding carboxylic acids is 1. The molecule has 0 radical (unpaired) electrons. The van der Waals surface area contributed by atoms with Crippen LogP contribution in [-0.2, 0) is 0 Å². The lowest BCUT2D eigenvalue weighted by atomic mass is 10.1. The molecule has 17 heavy (non-hydrogen) atoms. The molecule has 94 valence electrons. The van der Waals surface area contributed by atoms with E-state index in [2.05, 4.69) is 6.92 Å². The molecule has 0 aliphatic heterocycles. The summed E-state index contributed by atoms with van der Waals surface area (Å²) in [7, 11) is 0. The smallest absolute Gasteiger partial charge is 0.177 e. The van der Waals surface area contributed by atoms with E-state index < -0.39 is 0 Å². The van der Waals surface area contributed by atoms with Crippen molar-refractivity contribution in [3.05, 3.63) is 29.8 Å². The molecule has 2 nitrogen and oxygen atoms in total. The van der Waals surface area contributed by atoms with Crippen molar-refractivity contribution < 1.29 is 9.53 Å². The van der Waals surface area contributed by atoms with Crippen LogP contribution in [0.4, 0.5) is 0 Å². The van der Waals surface area contributed by atoms with Crippen molar-refractivity contribution in [2.45, 2.75) is 32.6 Å². The molecule has 0 aliphatic rings. The average molecular weight is 255 g/mol. The van der Waals surface area contributed by atoms with Crippen molar-refractivity contribution in [3.63, 3.8) is 0 Å². The van der Waals surface area contributed by atoms with E-state index in [1.165, 1.54) is 19.3 Å². The normalized spacial score (nSPS) is 10.2. The van der Waals surface area contributed by atoms with Crippen molar-refractivity contribution >= 4 is 17.4 Å². The predicted molar refractivity (Wildman–Crippen MR) is 71.1 cm³/mol. The predicted octanol–water partition coefficient (Wildman–Crippen LogP) is 4.07. The highest BCUT2D eigenvalue weighted by Crippen LogP contribution is 2.13. The van der Waals surface area contributed by atoms with Gasteiger partial charge in [0.05, 0.1) is 12.5 Å². The second-order valence-electron chi connectivity index (χ2n) is 3.99. The molecule has 0 heterocycles. The van der Waals surface area contributed by atoms with E-state index in [1.807, 2.05) is 12.1 Å². The van der Waals surface area contributed by atoms with Crippen LogP contribution in [0, 0.1) is 0 Å². The third-order valence-corrected chi connectivity index (χ3v) is 2.81. The highest BCUT2D eigenvalue weighted by Gasteiger charge is 2.03. The summed E-state index contributed by atoms with van der Waals surface area (Å²) in [5.74, 6) is 0.783. The highest BCUT2D eigenvalue weighted by molar-refractivity contribution is 6.30. The lowest BCUT2D eigenvalue weighted by molar-refractivity contribution is 0.102. The van der Waals surface area contributed by atoms with Gasteiger partial charge in [0.25, 0.3) is 0 Å². The average Bonchev–Trinajstić information content (AvgIpc) is 2.38. The van der Waals surface area contributed by atoms with Crippen molar-refractivity contribution in [1.29, 1.82) is 0 Å². The van der Waals surface area contributed by atoms with Gasteiger partial charge in [0.2, 0.25) is 0 Å². The first-order valence-electron chi connectivity index (χ1n) is 6.10. The van der Waals surface area contributed by atoms with E-state index in [4.69, 9.17) is 16.3 Å². The summed E-state index contributed by atoms with van der Waals surface area (Å²) in [5, 5.41) is 0. The van der Waals surface area contributed by atoms with Crippen molar-refractivity contribution in [1.82, 2.24) is 0 Å². The van der Waals surface area contributed by atoms with Gasteiger partial charge in [0, 0.05) is 5.56 Å². The van der Waals surface area contributed by atoms with Gasteiger partial charge in [-0.1, -0.05) is 26.2 Å². The zero-order chi connectivity index (χ0) is 12.5. The van der Waals surface area contributed by atoms with Crippen molar-refractivity contribution in [3.8, 4) is 5.75 Å². The lowest BCUT2D eigenvalue weighted by Crippen LogP contribution is -2.01. The Kier molecular flexibility index (Phi) is 6.71. The summed E-state index contributed by atoms with van der Waals surface area (Å²) < 4.78 is 5.58. The number of alkyl halides is 1. The van der Waals surface area contributed by atoms with Crippen molar-refractivity contribution in [2.24, 2.45) is 0 Å². The van der Waals surface area contributed by atoms with Gasteiger partial charge in [-0.05, 0) is 30.7 Å². The Balaban J connectivity index is 2.33. The van der Waals surface area contributed by atoms with Crippen molar-refractivity contribution in [2.75, 3.05) is 12.5 Å². The van der Waals surface area contributed by atoms with Gasteiger partial charge in [-0.15, -0.1) is 11.6 Å². The summed E-state index contributed by atoms with van der Waals surface area (Å²) in [6.07, 6.45) is 4.78.